The van der Waals surface area contributed by atoms with Gasteiger partial charge in [0.15, 0.2) is 0 Å². The number of rotatable bonds is 14. The molecule has 4 rings (SSSR count). The lowest BCUT2D eigenvalue weighted by atomic mass is 10.1. The van der Waals surface area contributed by atoms with Gasteiger partial charge in [0.1, 0.15) is 17.2 Å². The molecule has 0 aliphatic rings. The molecule has 4 aromatic carbocycles. The summed E-state index contributed by atoms with van der Waals surface area (Å²) in [6.45, 7) is 0.00196. The molecule has 0 aromatic heterocycles. The first-order chi connectivity index (χ1) is 19.1. The summed E-state index contributed by atoms with van der Waals surface area (Å²) in [4.78, 5) is 12.8. The van der Waals surface area contributed by atoms with E-state index in [1.165, 1.54) is 0 Å². The number of benzene rings is 4. The van der Waals surface area contributed by atoms with Crippen LogP contribution < -0.4 is 10.2 Å². The molecule has 0 saturated carbocycles. The molecule has 0 radical (unpaired) electrons. The van der Waals surface area contributed by atoms with Crippen LogP contribution in [0.25, 0.3) is 0 Å². The third-order valence-electron chi connectivity index (χ3n) is 6.12. The van der Waals surface area contributed by atoms with Crippen molar-refractivity contribution in [2.24, 2.45) is 0 Å². The Morgan fingerprint density at radius 1 is 0.718 bits per heavy atom. The van der Waals surface area contributed by atoms with Crippen molar-refractivity contribution in [3.63, 3.8) is 0 Å². The van der Waals surface area contributed by atoms with Gasteiger partial charge >= 0.3 is 7.60 Å². The van der Waals surface area contributed by atoms with Gasteiger partial charge < -0.3 is 13.8 Å². The number of aryl methyl sites for hydroxylation is 1. The normalized spacial score (nSPS) is 12.0. The minimum absolute atomic E-state index is 0.000978. The minimum Gasteiger partial charge on any atom is -0.457 e. The molecule has 8 heteroatoms. The zero-order valence-electron chi connectivity index (χ0n) is 21.5. The summed E-state index contributed by atoms with van der Waals surface area (Å²) in [6, 6.07) is 35.7. The van der Waals surface area contributed by atoms with Gasteiger partial charge in [-0.3, -0.25) is 14.6 Å². The second-order valence-electron chi connectivity index (χ2n) is 9.00. The highest BCUT2D eigenvalue weighted by atomic mass is 31.2. The number of hydroxylamine groups is 1. The Morgan fingerprint density at radius 3 is 1.79 bits per heavy atom. The number of hydrogen-bond donors (Lipinski definition) is 2. The van der Waals surface area contributed by atoms with E-state index in [4.69, 9.17) is 13.8 Å². The van der Waals surface area contributed by atoms with E-state index in [1.54, 1.807) is 5.48 Å². The number of amides is 1. The van der Waals surface area contributed by atoms with Crippen molar-refractivity contribution >= 4 is 13.5 Å². The zero-order chi connectivity index (χ0) is 27.3. The van der Waals surface area contributed by atoms with Crippen LogP contribution in [-0.4, -0.2) is 16.8 Å². The molecule has 202 valence electrons. The van der Waals surface area contributed by atoms with Crippen LogP contribution in [-0.2, 0) is 38.0 Å². The molecule has 0 saturated heterocycles. The summed E-state index contributed by atoms with van der Waals surface area (Å²) in [6.07, 6.45) is 1.27. The van der Waals surface area contributed by atoms with Gasteiger partial charge in [-0.05, 0) is 60.2 Å². The molecule has 1 amide bonds. The van der Waals surface area contributed by atoms with E-state index in [-0.39, 0.29) is 19.6 Å². The first-order valence-corrected chi connectivity index (χ1v) is 14.4. The summed E-state index contributed by atoms with van der Waals surface area (Å²) in [5.41, 5.74) is 3.04. The molecule has 0 aliphatic heterocycles. The van der Waals surface area contributed by atoms with Crippen molar-refractivity contribution in [3.8, 4) is 11.5 Å². The van der Waals surface area contributed by atoms with E-state index in [2.05, 4.69) is 0 Å². The van der Waals surface area contributed by atoms with E-state index in [9.17, 15) is 14.6 Å². The monoisotopic (exact) mass is 545 g/mol. The summed E-state index contributed by atoms with van der Waals surface area (Å²) in [7, 11) is -4.01. The SMILES string of the molecule is O=C(NO)C(CCCc1cccc(Oc2ccccc2)c1)P(=O)(OCc1ccccc1)OCc1ccccc1. The van der Waals surface area contributed by atoms with Crippen LogP contribution in [0.2, 0.25) is 0 Å². The van der Waals surface area contributed by atoms with Crippen LogP contribution in [0.4, 0.5) is 0 Å². The number of hydrogen-bond acceptors (Lipinski definition) is 6. The van der Waals surface area contributed by atoms with Crippen LogP contribution in [0.3, 0.4) is 0 Å². The van der Waals surface area contributed by atoms with Crippen molar-refractivity contribution in [3.05, 3.63) is 132 Å². The predicted octanol–water partition coefficient (Wildman–Crippen LogP) is 7.30. The fourth-order valence-corrected chi connectivity index (χ4v) is 6.03. The largest absolute Gasteiger partial charge is 0.457 e. The molecule has 1 atom stereocenters. The lowest BCUT2D eigenvalue weighted by Crippen LogP contribution is -2.33. The molecule has 4 aromatic rings. The van der Waals surface area contributed by atoms with E-state index >= 15 is 0 Å². The van der Waals surface area contributed by atoms with Gasteiger partial charge in [0.05, 0.1) is 13.2 Å². The van der Waals surface area contributed by atoms with Gasteiger partial charge in [-0.1, -0.05) is 91.0 Å². The van der Waals surface area contributed by atoms with E-state index in [1.807, 2.05) is 115 Å². The lowest BCUT2D eigenvalue weighted by Gasteiger charge is -2.26. The second kappa shape index (κ2) is 14.4. The smallest absolute Gasteiger partial charge is 0.343 e. The number of carbonyl (C=O) groups excluding carboxylic acids is 1. The molecular weight excluding hydrogens is 513 g/mol. The van der Waals surface area contributed by atoms with Crippen LogP contribution in [0, 0.1) is 0 Å². The predicted molar refractivity (Wildman–Crippen MR) is 150 cm³/mol. The number of carbonyl (C=O) groups is 1. The molecule has 0 heterocycles. The highest BCUT2D eigenvalue weighted by Gasteiger charge is 2.41. The van der Waals surface area contributed by atoms with Gasteiger partial charge in [-0.25, -0.2) is 5.48 Å². The van der Waals surface area contributed by atoms with Crippen LogP contribution in [0.5, 0.6) is 11.5 Å². The molecule has 7 nitrogen and oxygen atoms in total. The van der Waals surface area contributed by atoms with Crippen molar-refractivity contribution in [2.75, 3.05) is 0 Å². The molecule has 0 aliphatic carbocycles. The maximum absolute atomic E-state index is 14.1. The first kappa shape index (κ1) is 28.3. The summed E-state index contributed by atoms with van der Waals surface area (Å²) < 4.78 is 31.8. The minimum atomic E-state index is -4.01. The average molecular weight is 546 g/mol. The topological polar surface area (TPSA) is 94.1 Å². The molecular formula is C31H32NO6P. The van der Waals surface area contributed by atoms with Gasteiger partial charge in [0.2, 0.25) is 0 Å². The molecule has 2 N–H and O–H groups in total. The maximum Gasteiger partial charge on any atom is 0.343 e. The molecule has 0 fully saturated rings. The number of ether oxygens (including phenoxy) is 1. The second-order valence-corrected chi connectivity index (χ2v) is 11.2. The summed E-state index contributed by atoms with van der Waals surface area (Å²) >= 11 is 0. The Bertz CT molecular complexity index is 1300. The fraction of sp³-hybridized carbons (Fsp3) is 0.194. The van der Waals surface area contributed by atoms with Crippen molar-refractivity contribution in [1.29, 1.82) is 0 Å². The summed E-state index contributed by atoms with van der Waals surface area (Å²) in [5.74, 6) is 0.633. The van der Waals surface area contributed by atoms with E-state index in [0.29, 0.717) is 18.6 Å². The van der Waals surface area contributed by atoms with Crippen LogP contribution >= 0.6 is 7.60 Å². The van der Waals surface area contributed by atoms with Crippen LogP contribution in [0.1, 0.15) is 29.5 Å². The van der Waals surface area contributed by atoms with Gasteiger partial charge in [0, 0.05) is 0 Å². The Hall–Kier alpha value is -3.74. The van der Waals surface area contributed by atoms with Crippen molar-refractivity contribution < 1.29 is 28.4 Å². The zero-order valence-corrected chi connectivity index (χ0v) is 22.4. The highest BCUT2D eigenvalue weighted by Crippen LogP contribution is 2.56. The van der Waals surface area contributed by atoms with E-state index in [0.717, 1.165) is 22.4 Å². The van der Waals surface area contributed by atoms with E-state index < -0.39 is 19.2 Å². The van der Waals surface area contributed by atoms with Crippen molar-refractivity contribution in [1.82, 2.24) is 5.48 Å². The van der Waals surface area contributed by atoms with Gasteiger partial charge in [-0.2, -0.15) is 0 Å². The van der Waals surface area contributed by atoms with Crippen molar-refractivity contribution in [2.45, 2.75) is 38.1 Å². The maximum atomic E-state index is 14.1. The Morgan fingerprint density at radius 2 is 1.23 bits per heavy atom. The van der Waals surface area contributed by atoms with Crippen LogP contribution in [0.15, 0.2) is 115 Å². The third-order valence-corrected chi connectivity index (χ3v) is 8.36. The average Bonchev–Trinajstić information content (AvgIpc) is 2.99. The Kier molecular flexibility index (Phi) is 10.5. The lowest BCUT2D eigenvalue weighted by molar-refractivity contribution is -0.129. The Balaban J connectivity index is 1.46. The molecule has 0 bridgehead atoms. The Labute approximate surface area is 228 Å². The van der Waals surface area contributed by atoms with Gasteiger partial charge in [-0.15, -0.1) is 0 Å². The summed E-state index contributed by atoms with van der Waals surface area (Å²) in [5, 5.41) is 9.48. The molecule has 1 unspecified atom stereocenters. The molecule has 0 spiro atoms. The fourth-order valence-electron chi connectivity index (χ4n) is 4.09. The number of para-hydroxylation sites is 1. The molecule has 39 heavy (non-hydrogen) atoms. The highest BCUT2D eigenvalue weighted by molar-refractivity contribution is 7.55. The first-order valence-electron chi connectivity index (χ1n) is 12.8. The standard InChI is InChI=1S/C31H32NO6P/c33-31(32-34)30(21-11-17-25-16-10-20-29(22-25)38-28-18-8-3-9-19-28)39(35,36-23-26-12-4-1-5-13-26)37-24-27-14-6-2-7-15-27/h1-10,12-16,18-20,22,30,34H,11,17,21,23-24H2,(H,32,33). The van der Waals surface area contributed by atoms with Gasteiger partial charge in [0.25, 0.3) is 5.91 Å². The quantitative estimate of drug-likeness (QED) is 0.0981. The number of nitrogens with one attached hydrogen (secondary N) is 1. The third kappa shape index (κ3) is 8.63.